The third-order valence-corrected chi connectivity index (χ3v) is 3.48. The standard InChI is InChI=1S/C11H11NO2S/c1-3-10-7(2)12-11(15-10)9-5-4-8(6-13)14-9/h4-6H,3H2,1-2H3. The maximum Gasteiger partial charge on any atom is 0.185 e. The molecule has 0 aliphatic rings. The minimum Gasteiger partial charge on any atom is -0.451 e. The topological polar surface area (TPSA) is 43.1 Å². The summed E-state index contributed by atoms with van der Waals surface area (Å²) in [5.74, 6) is 1.01. The number of carbonyl (C=O) groups is 1. The first-order valence-corrected chi connectivity index (χ1v) is 5.58. The first-order chi connectivity index (χ1) is 7.24. The van der Waals surface area contributed by atoms with Gasteiger partial charge in [0.05, 0.1) is 5.69 Å². The Morgan fingerprint density at radius 2 is 2.33 bits per heavy atom. The number of hydrogen-bond acceptors (Lipinski definition) is 4. The molecule has 78 valence electrons. The minimum absolute atomic E-state index is 0.343. The van der Waals surface area contributed by atoms with Gasteiger partial charge in [0.25, 0.3) is 0 Å². The van der Waals surface area contributed by atoms with Crippen molar-refractivity contribution in [2.24, 2.45) is 0 Å². The van der Waals surface area contributed by atoms with Gasteiger partial charge in [-0.3, -0.25) is 4.79 Å². The number of thiazole rings is 1. The van der Waals surface area contributed by atoms with Crippen molar-refractivity contribution in [3.05, 3.63) is 28.5 Å². The lowest BCUT2D eigenvalue weighted by molar-refractivity contribution is 0.110. The van der Waals surface area contributed by atoms with Gasteiger partial charge in [-0.25, -0.2) is 4.98 Å². The van der Waals surface area contributed by atoms with E-state index in [1.807, 2.05) is 6.92 Å². The molecule has 2 aromatic heterocycles. The zero-order valence-corrected chi connectivity index (χ0v) is 9.43. The zero-order chi connectivity index (χ0) is 10.8. The molecule has 0 N–H and O–H groups in total. The fraction of sp³-hybridized carbons (Fsp3) is 0.273. The molecular weight excluding hydrogens is 210 g/mol. The normalized spacial score (nSPS) is 10.5. The van der Waals surface area contributed by atoms with E-state index in [4.69, 9.17) is 4.42 Å². The van der Waals surface area contributed by atoms with Crippen LogP contribution in [0.25, 0.3) is 10.8 Å². The van der Waals surface area contributed by atoms with E-state index in [2.05, 4.69) is 11.9 Å². The Morgan fingerprint density at radius 1 is 1.53 bits per heavy atom. The Bertz CT molecular complexity index is 484. The van der Waals surface area contributed by atoms with Gasteiger partial charge in [-0.15, -0.1) is 11.3 Å². The van der Waals surface area contributed by atoms with Crippen LogP contribution in [0.4, 0.5) is 0 Å². The Hall–Kier alpha value is -1.42. The first-order valence-electron chi connectivity index (χ1n) is 4.76. The summed E-state index contributed by atoms with van der Waals surface area (Å²) < 4.78 is 5.31. The molecule has 15 heavy (non-hydrogen) atoms. The number of aldehydes is 1. The van der Waals surface area contributed by atoms with Crippen molar-refractivity contribution in [3.63, 3.8) is 0 Å². The van der Waals surface area contributed by atoms with Gasteiger partial charge in [0.2, 0.25) is 0 Å². The molecule has 4 heteroatoms. The molecule has 0 bridgehead atoms. The molecule has 0 spiro atoms. The summed E-state index contributed by atoms with van der Waals surface area (Å²) in [4.78, 5) is 16.1. The van der Waals surface area contributed by atoms with Crippen molar-refractivity contribution >= 4 is 17.6 Å². The van der Waals surface area contributed by atoms with Crippen LogP contribution in [0.3, 0.4) is 0 Å². The summed E-state index contributed by atoms with van der Waals surface area (Å²) >= 11 is 1.62. The molecule has 0 aromatic carbocycles. The number of carbonyl (C=O) groups excluding carboxylic acids is 1. The van der Waals surface area contributed by atoms with E-state index in [9.17, 15) is 4.79 Å². The Balaban J connectivity index is 2.40. The molecule has 0 radical (unpaired) electrons. The minimum atomic E-state index is 0.343. The Morgan fingerprint density at radius 3 is 2.87 bits per heavy atom. The fourth-order valence-electron chi connectivity index (χ4n) is 1.39. The molecule has 0 aliphatic heterocycles. The van der Waals surface area contributed by atoms with Gasteiger partial charge in [0.1, 0.15) is 0 Å². The van der Waals surface area contributed by atoms with Crippen LogP contribution in [0.1, 0.15) is 28.0 Å². The van der Waals surface area contributed by atoms with Crippen molar-refractivity contribution in [2.75, 3.05) is 0 Å². The summed E-state index contributed by atoms with van der Waals surface area (Å²) in [6, 6.07) is 3.44. The van der Waals surface area contributed by atoms with E-state index in [1.165, 1.54) is 4.88 Å². The van der Waals surface area contributed by atoms with Crippen LogP contribution in [-0.2, 0) is 6.42 Å². The molecule has 0 atom stereocenters. The fourth-order valence-corrected chi connectivity index (χ4v) is 2.36. The Kier molecular flexibility index (Phi) is 2.68. The lowest BCUT2D eigenvalue weighted by atomic mass is 10.3. The maximum absolute atomic E-state index is 10.5. The van der Waals surface area contributed by atoms with Gasteiger partial charge in [-0.1, -0.05) is 6.92 Å². The van der Waals surface area contributed by atoms with Gasteiger partial charge in [0.15, 0.2) is 22.8 Å². The van der Waals surface area contributed by atoms with Crippen LogP contribution in [0, 0.1) is 6.92 Å². The smallest absolute Gasteiger partial charge is 0.185 e. The van der Waals surface area contributed by atoms with E-state index in [0.29, 0.717) is 17.8 Å². The second-order valence-corrected chi connectivity index (χ2v) is 4.28. The zero-order valence-electron chi connectivity index (χ0n) is 8.61. The highest BCUT2D eigenvalue weighted by Crippen LogP contribution is 2.29. The number of aryl methyl sites for hydroxylation is 2. The van der Waals surface area contributed by atoms with Crippen molar-refractivity contribution in [1.29, 1.82) is 0 Å². The molecule has 2 heterocycles. The number of furan rings is 1. The average molecular weight is 221 g/mol. The summed E-state index contributed by atoms with van der Waals surface area (Å²) in [5.41, 5.74) is 1.04. The summed E-state index contributed by atoms with van der Waals surface area (Å²) in [6.45, 7) is 4.09. The molecule has 3 nitrogen and oxygen atoms in total. The highest BCUT2D eigenvalue weighted by atomic mass is 32.1. The van der Waals surface area contributed by atoms with Gasteiger partial charge in [0, 0.05) is 4.88 Å². The van der Waals surface area contributed by atoms with E-state index < -0.39 is 0 Å². The second-order valence-electron chi connectivity index (χ2n) is 3.20. The molecule has 2 rings (SSSR count). The van der Waals surface area contributed by atoms with Crippen LogP contribution in [0.15, 0.2) is 16.5 Å². The van der Waals surface area contributed by atoms with Gasteiger partial charge in [-0.05, 0) is 25.5 Å². The maximum atomic E-state index is 10.5. The molecule has 0 saturated heterocycles. The Labute approximate surface area is 91.8 Å². The van der Waals surface area contributed by atoms with Gasteiger partial charge < -0.3 is 4.42 Å². The van der Waals surface area contributed by atoms with Crippen LogP contribution in [-0.4, -0.2) is 11.3 Å². The lowest BCUT2D eigenvalue weighted by Gasteiger charge is -1.86. The lowest BCUT2D eigenvalue weighted by Crippen LogP contribution is -1.77. The third kappa shape index (κ3) is 1.85. The second kappa shape index (κ2) is 3.98. The first kappa shape index (κ1) is 10.1. The van der Waals surface area contributed by atoms with E-state index in [1.54, 1.807) is 23.5 Å². The molecule has 0 aliphatic carbocycles. The number of nitrogens with zero attached hydrogens (tertiary/aromatic N) is 1. The summed E-state index contributed by atoms with van der Waals surface area (Å²) in [6.07, 6.45) is 1.68. The van der Waals surface area contributed by atoms with Crippen molar-refractivity contribution in [3.8, 4) is 10.8 Å². The third-order valence-electron chi connectivity index (χ3n) is 2.17. The summed E-state index contributed by atoms with van der Waals surface area (Å²) in [7, 11) is 0. The van der Waals surface area contributed by atoms with Crippen LogP contribution < -0.4 is 0 Å². The average Bonchev–Trinajstić information content (AvgIpc) is 2.83. The van der Waals surface area contributed by atoms with E-state index in [0.717, 1.165) is 17.1 Å². The molecular formula is C11H11NO2S. The summed E-state index contributed by atoms with van der Waals surface area (Å²) in [5, 5.41) is 0.845. The van der Waals surface area contributed by atoms with Gasteiger partial charge >= 0.3 is 0 Å². The SMILES string of the molecule is CCc1sc(-c2ccc(C=O)o2)nc1C. The highest BCUT2D eigenvalue weighted by molar-refractivity contribution is 7.15. The van der Waals surface area contributed by atoms with Crippen molar-refractivity contribution in [2.45, 2.75) is 20.3 Å². The molecule has 0 saturated carbocycles. The largest absolute Gasteiger partial charge is 0.451 e. The van der Waals surface area contributed by atoms with E-state index >= 15 is 0 Å². The molecule has 0 fully saturated rings. The predicted molar refractivity (Wildman–Crippen MR) is 59.3 cm³/mol. The quantitative estimate of drug-likeness (QED) is 0.748. The molecule has 2 aromatic rings. The number of rotatable bonds is 3. The van der Waals surface area contributed by atoms with Crippen LogP contribution >= 0.6 is 11.3 Å². The number of hydrogen-bond donors (Lipinski definition) is 0. The number of aromatic nitrogens is 1. The monoisotopic (exact) mass is 221 g/mol. The van der Waals surface area contributed by atoms with Crippen LogP contribution in [0.2, 0.25) is 0 Å². The van der Waals surface area contributed by atoms with Crippen LogP contribution in [0.5, 0.6) is 0 Å². The van der Waals surface area contributed by atoms with E-state index in [-0.39, 0.29) is 0 Å². The van der Waals surface area contributed by atoms with Crippen molar-refractivity contribution in [1.82, 2.24) is 4.98 Å². The molecule has 0 amide bonds. The van der Waals surface area contributed by atoms with Crippen molar-refractivity contribution < 1.29 is 9.21 Å². The highest BCUT2D eigenvalue weighted by Gasteiger charge is 2.11. The predicted octanol–water partition coefficient (Wildman–Crippen LogP) is 3.09. The van der Waals surface area contributed by atoms with Gasteiger partial charge in [-0.2, -0.15) is 0 Å². The molecule has 0 unspecified atom stereocenters.